The summed E-state index contributed by atoms with van der Waals surface area (Å²) in [5.41, 5.74) is -0.683. The number of allylic oxidation sites excluding steroid dienone is 1. The summed E-state index contributed by atoms with van der Waals surface area (Å²) in [7, 11) is -0.943. The van der Waals surface area contributed by atoms with Gasteiger partial charge in [-0.1, -0.05) is 32.9 Å². The van der Waals surface area contributed by atoms with Gasteiger partial charge in [-0.15, -0.1) is 0 Å². The number of nitrogens with zero attached hydrogens (tertiary/aromatic N) is 3. The highest BCUT2D eigenvalue weighted by molar-refractivity contribution is 7.91. The molecule has 59 heavy (non-hydrogen) atoms. The van der Waals surface area contributed by atoms with Crippen molar-refractivity contribution in [3.05, 3.63) is 36.0 Å². The standard InChI is InChI=1S/C42H60N6O10S/c1-24(2)33-36(44-31-19-28(56-9)14-15-30(31)43-33)57-29-20-32-35(49)46-42(38(51)47-59(53,54)41(7)16-17-41)21-27(42)13-11-10-12-25(3)18-26(23-55-8)34(37(50)48(32)22-29)45-39(52)58-40(4,5)6/h11,13-15,19,24-27,29,32,34H,10,12,16-18,20-23H2,1-9H3,(H,45,52)(H,46,49)(H,47,51)/b13-11-/t25-,26-,27+,29+,32-,34-,42+/m0/s1. The van der Waals surface area contributed by atoms with Gasteiger partial charge in [-0.05, 0) is 84.3 Å². The van der Waals surface area contributed by atoms with Crippen molar-refractivity contribution in [1.82, 2.24) is 30.2 Å². The molecule has 0 spiro atoms. The minimum atomic E-state index is -4.03. The first-order chi connectivity index (χ1) is 27.7. The lowest BCUT2D eigenvalue weighted by molar-refractivity contribution is -0.142. The van der Waals surface area contributed by atoms with Gasteiger partial charge in [-0.2, -0.15) is 0 Å². The molecule has 17 heteroatoms. The first-order valence-electron chi connectivity index (χ1n) is 20.6. The number of ether oxygens (including phenoxy) is 4. The van der Waals surface area contributed by atoms with Crippen molar-refractivity contribution in [2.75, 3.05) is 27.4 Å². The lowest BCUT2D eigenvalue weighted by atomic mass is 9.87. The van der Waals surface area contributed by atoms with Crippen LogP contribution in [0.5, 0.6) is 11.6 Å². The molecule has 1 aromatic heterocycles. The Bertz CT molecular complexity index is 2080. The minimum absolute atomic E-state index is 0.00792. The number of hydrogen-bond acceptors (Lipinski definition) is 12. The quantitative estimate of drug-likeness (QED) is 0.283. The lowest BCUT2D eigenvalue weighted by Crippen LogP contribution is -2.60. The first kappa shape index (κ1) is 44.1. The first-order valence-corrected chi connectivity index (χ1v) is 22.0. The smallest absolute Gasteiger partial charge is 0.408 e. The second-order valence-corrected chi connectivity index (χ2v) is 20.4. The van der Waals surface area contributed by atoms with Crippen LogP contribution in [0.25, 0.3) is 11.0 Å². The molecule has 2 aromatic rings. The lowest BCUT2D eigenvalue weighted by Gasteiger charge is -2.34. The predicted molar refractivity (Wildman–Crippen MR) is 219 cm³/mol. The van der Waals surface area contributed by atoms with Crippen LogP contribution in [0.2, 0.25) is 0 Å². The van der Waals surface area contributed by atoms with Gasteiger partial charge in [0.15, 0.2) is 0 Å². The van der Waals surface area contributed by atoms with Crippen LogP contribution in [-0.4, -0.2) is 109 Å². The van der Waals surface area contributed by atoms with Crippen molar-refractivity contribution in [1.29, 1.82) is 0 Å². The number of carbonyl (C=O) groups is 4. The maximum absolute atomic E-state index is 15.1. The van der Waals surface area contributed by atoms with E-state index >= 15 is 4.79 Å². The van der Waals surface area contributed by atoms with Crippen LogP contribution in [-0.2, 0) is 33.9 Å². The summed E-state index contributed by atoms with van der Waals surface area (Å²) in [4.78, 5) is 68.3. The Morgan fingerprint density at radius 3 is 2.46 bits per heavy atom. The SMILES string of the molecule is COC[C@@H]1C[C@@H](C)CC/C=C\[C@@H]2C[C@@]2(C(=O)NS(=O)(=O)C2(C)CC2)NC(=O)[C@@H]2C[C@@H](Oc3nc4cc(OC)ccc4nc3C(C)C)CN2C(=O)[C@H]1NC(=O)OC(C)(C)C. The molecule has 1 saturated heterocycles. The number of nitrogens with one attached hydrogen (secondary N) is 3. The Morgan fingerprint density at radius 1 is 1.08 bits per heavy atom. The summed E-state index contributed by atoms with van der Waals surface area (Å²) in [6.07, 6.45) is 5.10. The molecule has 3 heterocycles. The van der Waals surface area contributed by atoms with Gasteiger partial charge in [0.05, 0.1) is 36.0 Å². The average molecular weight is 841 g/mol. The highest BCUT2D eigenvalue weighted by atomic mass is 32.2. The van der Waals surface area contributed by atoms with Gasteiger partial charge in [0.25, 0.3) is 5.91 Å². The highest BCUT2D eigenvalue weighted by Gasteiger charge is 2.63. The topological polar surface area (TPSA) is 204 Å². The molecule has 7 atom stereocenters. The maximum Gasteiger partial charge on any atom is 0.408 e. The molecule has 3 N–H and O–H groups in total. The number of alkyl carbamates (subject to hydrolysis) is 1. The summed E-state index contributed by atoms with van der Waals surface area (Å²) in [5, 5.41) is 5.74. The third-order valence-corrected chi connectivity index (χ3v) is 14.0. The number of rotatable bonds is 10. The second kappa shape index (κ2) is 16.9. The molecule has 3 fully saturated rings. The Morgan fingerprint density at radius 2 is 1.81 bits per heavy atom. The van der Waals surface area contributed by atoms with Gasteiger partial charge in [-0.3, -0.25) is 19.1 Å². The molecule has 0 radical (unpaired) electrons. The molecule has 324 valence electrons. The molecule has 16 nitrogen and oxygen atoms in total. The van der Waals surface area contributed by atoms with Crippen LogP contribution in [0.15, 0.2) is 30.4 Å². The fourth-order valence-corrected chi connectivity index (χ4v) is 9.32. The summed E-state index contributed by atoms with van der Waals surface area (Å²) in [5.74, 6) is -2.24. The largest absolute Gasteiger partial charge is 0.497 e. The second-order valence-electron chi connectivity index (χ2n) is 18.2. The van der Waals surface area contributed by atoms with Crippen LogP contribution in [0, 0.1) is 17.8 Å². The average Bonchev–Trinajstić information content (AvgIpc) is 4.03. The van der Waals surface area contributed by atoms with Gasteiger partial charge < -0.3 is 34.5 Å². The van der Waals surface area contributed by atoms with Crippen LogP contribution in [0.1, 0.15) is 105 Å². The van der Waals surface area contributed by atoms with Crippen molar-refractivity contribution in [2.45, 2.75) is 133 Å². The number of benzene rings is 1. The van der Waals surface area contributed by atoms with Crippen molar-refractivity contribution in [2.24, 2.45) is 17.8 Å². The zero-order valence-electron chi connectivity index (χ0n) is 35.6. The molecule has 4 aliphatic rings. The van der Waals surface area contributed by atoms with E-state index in [1.54, 1.807) is 46.9 Å². The predicted octanol–water partition coefficient (Wildman–Crippen LogP) is 4.52. The monoisotopic (exact) mass is 840 g/mol. The van der Waals surface area contributed by atoms with E-state index in [0.717, 1.165) is 0 Å². The molecule has 2 aliphatic heterocycles. The summed E-state index contributed by atoms with van der Waals surface area (Å²) >= 11 is 0. The van der Waals surface area contributed by atoms with Crippen molar-refractivity contribution in [3.63, 3.8) is 0 Å². The molecule has 1 aromatic carbocycles. The Labute approximate surface area is 347 Å². The van der Waals surface area contributed by atoms with Crippen LogP contribution < -0.4 is 24.8 Å². The third-order valence-electron chi connectivity index (χ3n) is 11.8. The number of sulfonamides is 1. The van der Waals surface area contributed by atoms with E-state index in [2.05, 4.69) is 22.3 Å². The van der Waals surface area contributed by atoms with Gasteiger partial charge in [-0.25, -0.2) is 23.2 Å². The third kappa shape index (κ3) is 9.77. The zero-order chi connectivity index (χ0) is 43.1. The fraction of sp³-hybridized carbons (Fsp3) is 0.667. The normalized spacial score (nSPS) is 28.9. The molecular weight excluding hydrogens is 781 g/mol. The van der Waals surface area contributed by atoms with Gasteiger partial charge >= 0.3 is 6.09 Å². The summed E-state index contributed by atoms with van der Waals surface area (Å²) in [6.45, 7) is 12.8. The van der Waals surface area contributed by atoms with Gasteiger partial charge in [0.1, 0.15) is 40.8 Å². The van der Waals surface area contributed by atoms with Crippen LogP contribution in [0.4, 0.5) is 4.79 Å². The van der Waals surface area contributed by atoms with Gasteiger partial charge in [0, 0.05) is 37.4 Å². The van der Waals surface area contributed by atoms with Crippen LogP contribution in [0.3, 0.4) is 0 Å². The van der Waals surface area contributed by atoms with E-state index in [-0.39, 0.29) is 43.7 Å². The summed E-state index contributed by atoms with van der Waals surface area (Å²) in [6, 6.07) is 2.99. The number of methoxy groups -OCH3 is 2. The van der Waals surface area contributed by atoms with Gasteiger partial charge in [0.2, 0.25) is 27.7 Å². The van der Waals surface area contributed by atoms with E-state index < -0.39 is 79.7 Å². The molecule has 0 unspecified atom stereocenters. The number of carbonyl (C=O) groups excluding carboxylic acids is 4. The maximum atomic E-state index is 15.1. The number of aromatic nitrogens is 2. The van der Waals surface area contributed by atoms with Crippen LogP contribution >= 0.6 is 0 Å². The van der Waals surface area contributed by atoms with E-state index in [1.807, 2.05) is 32.1 Å². The number of hydrogen-bond donors (Lipinski definition) is 3. The summed E-state index contributed by atoms with van der Waals surface area (Å²) < 4.78 is 51.0. The number of fused-ring (bicyclic) bond motifs is 3. The Balaban J connectivity index is 1.39. The van der Waals surface area contributed by atoms with E-state index in [1.165, 1.54) is 12.0 Å². The Kier molecular flexibility index (Phi) is 12.6. The molecule has 2 aliphatic carbocycles. The number of amides is 4. The molecule has 6 rings (SSSR count). The zero-order valence-corrected chi connectivity index (χ0v) is 36.4. The fourth-order valence-electron chi connectivity index (χ4n) is 8.00. The van der Waals surface area contributed by atoms with Crippen molar-refractivity contribution >= 4 is 44.9 Å². The molecule has 0 bridgehead atoms. The Hall–Kier alpha value is -4.51. The molecule has 4 amide bonds. The molecule has 2 saturated carbocycles. The van der Waals surface area contributed by atoms with E-state index in [9.17, 15) is 22.8 Å². The highest BCUT2D eigenvalue weighted by Crippen LogP contribution is 2.47. The van der Waals surface area contributed by atoms with Crippen molar-refractivity contribution < 1.29 is 46.5 Å². The van der Waals surface area contributed by atoms with E-state index in [0.29, 0.717) is 54.6 Å². The van der Waals surface area contributed by atoms with Crippen molar-refractivity contribution in [3.8, 4) is 11.6 Å². The minimum Gasteiger partial charge on any atom is -0.497 e. The van der Waals surface area contributed by atoms with E-state index in [4.69, 9.17) is 28.9 Å². The molecular formula is C42H60N6O10S.